The molecule has 0 unspecified atom stereocenters. The summed E-state index contributed by atoms with van der Waals surface area (Å²) in [7, 11) is 0. The maximum Gasteiger partial charge on any atom is 0.0758 e. The molecule has 0 bridgehead atoms. The van der Waals surface area contributed by atoms with Crippen LogP contribution in [0.3, 0.4) is 0 Å². The quantitative estimate of drug-likeness (QED) is 0.435. The van der Waals surface area contributed by atoms with Gasteiger partial charge in [-0.05, 0) is 47.9 Å². The maximum atomic E-state index is 5.07. The normalized spacial score (nSPS) is 14.8. The molecule has 1 aliphatic carbocycles. The Kier molecular flexibility index (Phi) is 2.52. The molecule has 4 aromatic rings. The Balaban J connectivity index is 2.02. The summed E-state index contributed by atoms with van der Waals surface area (Å²) in [5, 5.41) is 2.49. The van der Waals surface area contributed by atoms with E-state index in [9.17, 15) is 0 Å². The fraction of sp³-hybridized carbons (Fsp3) is 0.182. The van der Waals surface area contributed by atoms with Crippen LogP contribution in [-0.2, 0) is 5.41 Å². The first-order valence-electron chi connectivity index (χ1n) is 8.37. The summed E-state index contributed by atoms with van der Waals surface area (Å²) in [6.07, 6.45) is 1.89. The molecule has 2 aromatic heterocycles. The van der Waals surface area contributed by atoms with E-state index in [1.165, 1.54) is 33.0 Å². The van der Waals surface area contributed by atoms with E-state index in [1.807, 2.05) is 6.20 Å². The summed E-state index contributed by atoms with van der Waals surface area (Å²) in [5.74, 6) is 0. The van der Waals surface area contributed by atoms with Gasteiger partial charge in [-0.3, -0.25) is 4.98 Å². The van der Waals surface area contributed by atoms with E-state index >= 15 is 0 Å². The van der Waals surface area contributed by atoms with E-state index in [4.69, 9.17) is 4.98 Å². The van der Waals surface area contributed by atoms with Gasteiger partial charge in [0, 0.05) is 27.9 Å². The summed E-state index contributed by atoms with van der Waals surface area (Å²) in [5.41, 5.74) is 8.24. The number of benzene rings is 2. The molecule has 0 radical (unpaired) electrons. The van der Waals surface area contributed by atoms with Crippen LogP contribution in [-0.4, -0.2) is 9.97 Å². The molecule has 2 heteroatoms. The number of nitrogens with zero attached hydrogens (tertiary/aromatic N) is 2. The zero-order valence-electron chi connectivity index (χ0n) is 14.1. The lowest BCUT2D eigenvalue weighted by molar-refractivity contribution is 0.643. The second kappa shape index (κ2) is 4.41. The topological polar surface area (TPSA) is 25.8 Å². The Labute approximate surface area is 141 Å². The monoisotopic (exact) mass is 310 g/mol. The molecule has 0 atom stereocenters. The van der Waals surface area contributed by atoms with Gasteiger partial charge in [0.05, 0.1) is 16.7 Å². The fourth-order valence-corrected chi connectivity index (χ4v) is 4.10. The molecule has 0 aliphatic heterocycles. The van der Waals surface area contributed by atoms with Crippen LogP contribution in [0.1, 0.15) is 30.5 Å². The standard InChI is InChI=1S/C22H18N2/c1-13-6-4-8-18-15(13)12-17-21(24-18)14-10-11-23-19-9-5-7-16(20(14)19)22(17,2)3/h4-12H,1-3H3. The van der Waals surface area contributed by atoms with Crippen molar-refractivity contribution in [2.24, 2.45) is 0 Å². The Hall–Kier alpha value is -2.74. The molecule has 2 nitrogen and oxygen atoms in total. The third kappa shape index (κ3) is 1.60. The van der Waals surface area contributed by atoms with E-state index in [1.54, 1.807) is 0 Å². The lowest BCUT2D eigenvalue weighted by Gasteiger charge is -2.34. The van der Waals surface area contributed by atoms with Gasteiger partial charge < -0.3 is 0 Å². The van der Waals surface area contributed by atoms with Gasteiger partial charge in [-0.2, -0.15) is 0 Å². The predicted octanol–water partition coefficient (Wildman–Crippen LogP) is 5.40. The van der Waals surface area contributed by atoms with E-state index in [2.05, 4.69) is 74.3 Å². The minimum atomic E-state index is -0.0889. The largest absolute Gasteiger partial charge is 0.256 e. The first-order chi connectivity index (χ1) is 11.6. The number of hydrogen-bond acceptors (Lipinski definition) is 2. The average Bonchev–Trinajstić information content (AvgIpc) is 2.59. The van der Waals surface area contributed by atoms with Gasteiger partial charge in [0.15, 0.2) is 0 Å². The van der Waals surface area contributed by atoms with Gasteiger partial charge >= 0.3 is 0 Å². The molecule has 0 spiro atoms. The van der Waals surface area contributed by atoms with Crippen LogP contribution in [0.4, 0.5) is 0 Å². The molecule has 0 N–H and O–H groups in total. The minimum absolute atomic E-state index is 0.0889. The highest BCUT2D eigenvalue weighted by molar-refractivity contribution is 6.02. The Morgan fingerprint density at radius 3 is 2.54 bits per heavy atom. The molecule has 5 rings (SSSR count). The van der Waals surface area contributed by atoms with Gasteiger partial charge in [-0.25, -0.2) is 4.98 Å². The van der Waals surface area contributed by atoms with Crippen molar-refractivity contribution in [1.82, 2.24) is 9.97 Å². The van der Waals surface area contributed by atoms with Crippen LogP contribution in [0.2, 0.25) is 0 Å². The molecular formula is C22H18N2. The van der Waals surface area contributed by atoms with Gasteiger partial charge in [0.25, 0.3) is 0 Å². The zero-order valence-corrected chi connectivity index (χ0v) is 14.1. The molecule has 0 amide bonds. The molecule has 0 saturated heterocycles. The highest BCUT2D eigenvalue weighted by atomic mass is 14.7. The third-order valence-electron chi connectivity index (χ3n) is 5.45. The predicted molar refractivity (Wildman–Crippen MR) is 99.3 cm³/mol. The van der Waals surface area contributed by atoms with E-state index < -0.39 is 0 Å². The highest BCUT2D eigenvalue weighted by Gasteiger charge is 2.34. The SMILES string of the molecule is Cc1cccc2nc3c(cc12)C(C)(C)c1cccc2nccc-3c12. The maximum absolute atomic E-state index is 5.07. The summed E-state index contributed by atoms with van der Waals surface area (Å²) in [4.78, 5) is 9.64. The van der Waals surface area contributed by atoms with Gasteiger partial charge in [-0.15, -0.1) is 0 Å². The number of hydrogen-bond donors (Lipinski definition) is 0. The lowest BCUT2D eigenvalue weighted by atomic mass is 9.70. The zero-order chi connectivity index (χ0) is 16.5. The molecule has 2 heterocycles. The van der Waals surface area contributed by atoms with E-state index in [0.717, 1.165) is 16.7 Å². The fourth-order valence-electron chi connectivity index (χ4n) is 4.10. The first-order valence-corrected chi connectivity index (χ1v) is 8.37. The lowest BCUT2D eigenvalue weighted by Crippen LogP contribution is -2.24. The average molecular weight is 310 g/mol. The molecule has 116 valence electrons. The Bertz CT molecular complexity index is 1130. The number of pyridine rings is 2. The van der Waals surface area contributed by atoms with Crippen LogP contribution in [0.25, 0.3) is 33.1 Å². The van der Waals surface area contributed by atoms with Gasteiger partial charge in [0.2, 0.25) is 0 Å². The highest BCUT2D eigenvalue weighted by Crippen LogP contribution is 2.48. The number of fused-ring (bicyclic) bond motifs is 3. The van der Waals surface area contributed by atoms with Crippen molar-refractivity contribution < 1.29 is 0 Å². The molecule has 0 fully saturated rings. The van der Waals surface area contributed by atoms with Gasteiger partial charge in [-0.1, -0.05) is 38.1 Å². The molecule has 24 heavy (non-hydrogen) atoms. The first kappa shape index (κ1) is 13.7. The van der Waals surface area contributed by atoms with Crippen molar-refractivity contribution in [3.8, 4) is 11.3 Å². The van der Waals surface area contributed by atoms with Gasteiger partial charge in [0.1, 0.15) is 0 Å². The van der Waals surface area contributed by atoms with Crippen LogP contribution in [0.15, 0.2) is 54.7 Å². The van der Waals surface area contributed by atoms with Crippen molar-refractivity contribution in [1.29, 1.82) is 0 Å². The minimum Gasteiger partial charge on any atom is -0.256 e. The molecule has 1 aliphatic rings. The van der Waals surface area contributed by atoms with Crippen LogP contribution < -0.4 is 0 Å². The van der Waals surface area contributed by atoms with Crippen molar-refractivity contribution in [2.75, 3.05) is 0 Å². The molecule has 0 saturated carbocycles. The number of rotatable bonds is 0. The Morgan fingerprint density at radius 1 is 0.875 bits per heavy atom. The molecule has 2 aromatic carbocycles. The van der Waals surface area contributed by atoms with Crippen LogP contribution >= 0.6 is 0 Å². The van der Waals surface area contributed by atoms with Crippen molar-refractivity contribution in [2.45, 2.75) is 26.2 Å². The third-order valence-corrected chi connectivity index (χ3v) is 5.45. The van der Waals surface area contributed by atoms with E-state index in [0.29, 0.717) is 0 Å². The van der Waals surface area contributed by atoms with Crippen LogP contribution in [0.5, 0.6) is 0 Å². The summed E-state index contributed by atoms with van der Waals surface area (Å²) in [6.45, 7) is 6.75. The number of aromatic nitrogens is 2. The summed E-state index contributed by atoms with van der Waals surface area (Å²) in [6, 6.07) is 17.2. The van der Waals surface area contributed by atoms with Crippen molar-refractivity contribution in [3.63, 3.8) is 0 Å². The number of aryl methyl sites for hydroxylation is 1. The smallest absolute Gasteiger partial charge is 0.0758 e. The van der Waals surface area contributed by atoms with Crippen LogP contribution in [0, 0.1) is 6.92 Å². The molecular weight excluding hydrogens is 292 g/mol. The Morgan fingerprint density at radius 2 is 1.67 bits per heavy atom. The second-order valence-corrected chi connectivity index (χ2v) is 7.21. The van der Waals surface area contributed by atoms with Crippen molar-refractivity contribution >= 4 is 21.8 Å². The van der Waals surface area contributed by atoms with Crippen molar-refractivity contribution in [3.05, 3.63) is 71.4 Å². The second-order valence-electron chi connectivity index (χ2n) is 7.21. The summed E-state index contributed by atoms with van der Waals surface area (Å²) >= 11 is 0. The van der Waals surface area contributed by atoms with E-state index in [-0.39, 0.29) is 5.41 Å². The summed E-state index contributed by atoms with van der Waals surface area (Å²) < 4.78 is 0.